The van der Waals surface area contributed by atoms with Crippen LogP contribution in [0.15, 0.2) is 17.0 Å². The zero-order chi connectivity index (χ0) is 16.3. The monoisotopic (exact) mass is 358 g/mol. The van der Waals surface area contributed by atoms with Crippen molar-refractivity contribution in [2.75, 3.05) is 6.54 Å². The van der Waals surface area contributed by atoms with Crippen LogP contribution in [0.3, 0.4) is 0 Å². The van der Waals surface area contributed by atoms with E-state index >= 15 is 0 Å². The summed E-state index contributed by atoms with van der Waals surface area (Å²) in [4.78, 5) is 35.2. The lowest BCUT2D eigenvalue weighted by Crippen LogP contribution is -2.29. The molecule has 0 spiro atoms. The molecule has 1 amide bonds. The Balaban J connectivity index is 2.08. The van der Waals surface area contributed by atoms with Crippen molar-refractivity contribution in [1.29, 1.82) is 0 Å². The molecule has 0 atom stereocenters. The van der Waals surface area contributed by atoms with Crippen molar-refractivity contribution in [3.05, 3.63) is 32.0 Å². The van der Waals surface area contributed by atoms with E-state index in [9.17, 15) is 19.7 Å². The first kappa shape index (κ1) is 16.6. The first-order valence-electron chi connectivity index (χ1n) is 6.10. The molecule has 0 radical (unpaired) electrons. The standard InChI is InChI=1S/C12H10N2O5S3/c15-10(16)2-1-5-13-11(17)8(22-12(13)20)6-7-3-4-9(21-7)14(18)19/h3-4,6H,1-2,5H2,(H,15,16)/b8-6+. The molecule has 2 rings (SSSR count). The number of carboxylic acid groups (broad SMARTS) is 1. The van der Waals surface area contributed by atoms with Crippen LogP contribution in [-0.4, -0.2) is 37.7 Å². The number of hydrogen-bond acceptors (Lipinski definition) is 7. The predicted molar refractivity (Wildman–Crippen MR) is 87.7 cm³/mol. The summed E-state index contributed by atoms with van der Waals surface area (Å²) in [7, 11) is 0. The number of nitrogens with zero attached hydrogens (tertiary/aromatic N) is 2. The van der Waals surface area contributed by atoms with E-state index in [0.29, 0.717) is 20.5 Å². The molecule has 2 heterocycles. The summed E-state index contributed by atoms with van der Waals surface area (Å²) in [5.74, 6) is -1.22. The summed E-state index contributed by atoms with van der Waals surface area (Å²) < 4.78 is 0.368. The molecule has 1 aliphatic heterocycles. The Morgan fingerprint density at radius 1 is 1.50 bits per heavy atom. The highest BCUT2D eigenvalue weighted by Crippen LogP contribution is 2.35. The van der Waals surface area contributed by atoms with Crippen LogP contribution < -0.4 is 0 Å². The van der Waals surface area contributed by atoms with Gasteiger partial charge in [-0.1, -0.05) is 35.3 Å². The molecule has 1 saturated heterocycles. The fourth-order valence-corrected chi connectivity index (χ4v) is 3.87. The minimum atomic E-state index is -0.924. The number of carbonyl (C=O) groups is 2. The normalized spacial score (nSPS) is 16.5. The Morgan fingerprint density at radius 3 is 2.82 bits per heavy atom. The molecule has 0 saturated carbocycles. The van der Waals surface area contributed by atoms with Crippen LogP contribution in [0, 0.1) is 10.1 Å². The Morgan fingerprint density at radius 2 is 2.23 bits per heavy atom. The van der Waals surface area contributed by atoms with Crippen molar-refractivity contribution in [3.8, 4) is 0 Å². The lowest BCUT2D eigenvalue weighted by atomic mass is 10.3. The van der Waals surface area contributed by atoms with Crippen LogP contribution in [0.25, 0.3) is 6.08 Å². The molecule has 22 heavy (non-hydrogen) atoms. The van der Waals surface area contributed by atoms with Crippen molar-refractivity contribution in [2.24, 2.45) is 0 Å². The lowest BCUT2D eigenvalue weighted by Gasteiger charge is -2.13. The molecule has 10 heteroatoms. The van der Waals surface area contributed by atoms with E-state index in [1.807, 2.05) is 0 Å². The smallest absolute Gasteiger partial charge is 0.324 e. The summed E-state index contributed by atoms with van der Waals surface area (Å²) in [6, 6.07) is 2.95. The van der Waals surface area contributed by atoms with Crippen LogP contribution >= 0.6 is 35.3 Å². The Bertz CT molecular complexity index is 682. The number of thiocarbonyl (C=S) groups is 1. The van der Waals surface area contributed by atoms with Gasteiger partial charge in [0.2, 0.25) is 0 Å². The van der Waals surface area contributed by atoms with Crippen LogP contribution in [0.5, 0.6) is 0 Å². The quantitative estimate of drug-likeness (QED) is 0.361. The summed E-state index contributed by atoms with van der Waals surface area (Å²) in [6.45, 7) is 0.249. The molecule has 1 aromatic heterocycles. The molecule has 1 aliphatic rings. The molecule has 1 aromatic rings. The minimum absolute atomic E-state index is 0.00295. The minimum Gasteiger partial charge on any atom is -0.481 e. The van der Waals surface area contributed by atoms with Crippen molar-refractivity contribution in [3.63, 3.8) is 0 Å². The van der Waals surface area contributed by atoms with Gasteiger partial charge in [0, 0.05) is 23.9 Å². The average molecular weight is 358 g/mol. The third-order valence-electron chi connectivity index (χ3n) is 2.71. The van der Waals surface area contributed by atoms with Gasteiger partial charge in [0.05, 0.1) is 9.83 Å². The number of carbonyl (C=O) groups excluding carboxylic acids is 1. The van der Waals surface area contributed by atoms with E-state index < -0.39 is 10.9 Å². The molecule has 0 aliphatic carbocycles. The summed E-state index contributed by atoms with van der Waals surface area (Å²) in [5, 5.41) is 19.2. The molecule has 1 fully saturated rings. The largest absolute Gasteiger partial charge is 0.481 e. The average Bonchev–Trinajstić information content (AvgIpc) is 2.99. The first-order valence-corrected chi connectivity index (χ1v) is 8.14. The van der Waals surface area contributed by atoms with Crippen LogP contribution in [0.4, 0.5) is 5.00 Å². The van der Waals surface area contributed by atoms with Gasteiger partial charge in [-0.25, -0.2) is 0 Å². The second kappa shape index (κ2) is 6.99. The van der Waals surface area contributed by atoms with Crippen molar-refractivity contribution >= 4 is 62.6 Å². The van der Waals surface area contributed by atoms with E-state index in [4.69, 9.17) is 17.3 Å². The van der Waals surface area contributed by atoms with Gasteiger partial charge in [-0.3, -0.25) is 24.6 Å². The van der Waals surface area contributed by atoms with Gasteiger partial charge in [-0.15, -0.1) is 0 Å². The number of hydrogen-bond donors (Lipinski definition) is 1. The highest BCUT2D eigenvalue weighted by atomic mass is 32.2. The zero-order valence-corrected chi connectivity index (χ0v) is 13.5. The second-order valence-electron chi connectivity index (χ2n) is 4.26. The molecule has 116 valence electrons. The van der Waals surface area contributed by atoms with Gasteiger partial charge >= 0.3 is 11.0 Å². The Labute approximate surface area is 138 Å². The second-order valence-corrected chi connectivity index (χ2v) is 7.03. The third-order valence-corrected chi connectivity index (χ3v) is 5.07. The number of aliphatic carboxylic acids is 1. The molecule has 0 aromatic carbocycles. The fourth-order valence-electron chi connectivity index (χ4n) is 1.73. The summed E-state index contributed by atoms with van der Waals surface area (Å²) >= 11 is 7.20. The SMILES string of the molecule is O=C(O)CCCN1C(=O)/C(=C\c2ccc([N+](=O)[O-])s2)SC1=S. The lowest BCUT2D eigenvalue weighted by molar-refractivity contribution is -0.380. The maximum Gasteiger partial charge on any atom is 0.324 e. The van der Waals surface area contributed by atoms with E-state index in [1.165, 1.54) is 11.0 Å². The molecule has 1 N–H and O–H groups in total. The molecule has 7 nitrogen and oxygen atoms in total. The van der Waals surface area contributed by atoms with Crippen molar-refractivity contribution in [1.82, 2.24) is 4.90 Å². The van der Waals surface area contributed by atoms with Crippen LogP contribution in [0.2, 0.25) is 0 Å². The van der Waals surface area contributed by atoms with Gasteiger partial charge < -0.3 is 5.11 Å². The summed E-state index contributed by atoms with van der Waals surface area (Å²) in [6.07, 6.45) is 1.85. The number of thioether (sulfide) groups is 1. The number of amides is 1. The predicted octanol–water partition coefficient (Wildman–Crippen LogP) is 2.72. The maximum atomic E-state index is 12.2. The van der Waals surface area contributed by atoms with Crippen LogP contribution in [-0.2, 0) is 9.59 Å². The third kappa shape index (κ3) is 3.90. The number of thiophene rings is 1. The van der Waals surface area contributed by atoms with Gasteiger partial charge in [-0.2, -0.15) is 0 Å². The van der Waals surface area contributed by atoms with Gasteiger partial charge in [-0.05, 0) is 18.6 Å². The van der Waals surface area contributed by atoms with Crippen molar-refractivity contribution < 1.29 is 19.6 Å². The zero-order valence-electron chi connectivity index (χ0n) is 11.1. The Kier molecular flexibility index (Phi) is 5.27. The van der Waals surface area contributed by atoms with Crippen molar-refractivity contribution in [2.45, 2.75) is 12.8 Å². The number of carboxylic acids is 1. The fraction of sp³-hybridized carbons (Fsp3) is 0.250. The number of nitro groups is 1. The molecular weight excluding hydrogens is 348 g/mol. The first-order chi connectivity index (χ1) is 10.4. The summed E-state index contributed by atoms with van der Waals surface area (Å²) in [5.41, 5.74) is 0. The Hall–Kier alpha value is -1.78. The maximum absolute atomic E-state index is 12.2. The molecule has 0 unspecified atom stereocenters. The van der Waals surface area contributed by atoms with Gasteiger partial charge in [0.15, 0.2) is 0 Å². The highest BCUT2D eigenvalue weighted by Gasteiger charge is 2.31. The van der Waals surface area contributed by atoms with E-state index in [-0.39, 0.29) is 23.9 Å². The van der Waals surface area contributed by atoms with Gasteiger partial charge in [0.1, 0.15) is 4.32 Å². The van der Waals surface area contributed by atoms with E-state index in [1.54, 1.807) is 12.1 Å². The van der Waals surface area contributed by atoms with E-state index in [2.05, 4.69) is 0 Å². The topological polar surface area (TPSA) is 101 Å². The van der Waals surface area contributed by atoms with Gasteiger partial charge in [0.25, 0.3) is 5.91 Å². The van der Waals surface area contributed by atoms with Crippen LogP contribution in [0.1, 0.15) is 17.7 Å². The molecule has 0 bridgehead atoms. The molecular formula is C12H10N2O5S3. The van der Waals surface area contributed by atoms with E-state index in [0.717, 1.165) is 23.1 Å². The highest BCUT2D eigenvalue weighted by molar-refractivity contribution is 8.26. The number of rotatable bonds is 6.